The SMILES string of the molecule is CCC(N)=Nc1c(F)ccc(C)c1F. The largest absolute Gasteiger partial charge is 0.387 e. The van der Waals surface area contributed by atoms with Gasteiger partial charge in [-0.15, -0.1) is 0 Å². The summed E-state index contributed by atoms with van der Waals surface area (Å²) >= 11 is 0. The number of amidine groups is 1. The van der Waals surface area contributed by atoms with Crippen LogP contribution in [-0.2, 0) is 0 Å². The van der Waals surface area contributed by atoms with E-state index >= 15 is 0 Å². The summed E-state index contributed by atoms with van der Waals surface area (Å²) in [6.07, 6.45) is 0.465. The first kappa shape index (κ1) is 10.6. The number of nitrogens with two attached hydrogens (primary N) is 1. The summed E-state index contributed by atoms with van der Waals surface area (Å²) in [5.41, 5.74) is 5.46. The van der Waals surface area contributed by atoms with Crippen molar-refractivity contribution in [2.24, 2.45) is 10.7 Å². The van der Waals surface area contributed by atoms with Crippen LogP contribution < -0.4 is 5.73 Å². The van der Waals surface area contributed by atoms with Crippen molar-refractivity contribution < 1.29 is 8.78 Å². The molecule has 0 aliphatic carbocycles. The van der Waals surface area contributed by atoms with Crippen molar-refractivity contribution in [1.29, 1.82) is 0 Å². The Labute approximate surface area is 81.5 Å². The molecule has 0 fully saturated rings. The van der Waals surface area contributed by atoms with Crippen LogP contribution in [0.1, 0.15) is 18.9 Å². The molecule has 0 radical (unpaired) electrons. The van der Waals surface area contributed by atoms with Crippen molar-refractivity contribution in [1.82, 2.24) is 0 Å². The molecule has 1 rings (SSSR count). The lowest BCUT2D eigenvalue weighted by atomic mass is 10.2. The smallest absolute Gasteiger partial charge is 0.154 e. The number of benzene rings is 1. The van der Waals surface area contributed by atoms with E-state index in [1.165, 1.54) is 12.1 Å². The van der Waals surface area contributed by atoms with Crippen molar-refractivity contribution in [2.75, 3.05) is 0 Å². The number of aliphatic imine (C=N–C) groups is 1. The van der Waals surface area contributed by atoms with Gasteiger partial charge in [-0.1, -0.05) is 13.0 Å². The number of aryl methyl sites for hydroxylation is 1. The maximum atomic E-state index is 13.4. The number of halogens is 2. The molecule has 0 saturated heterocycles. The van der Waals surface area contributed by atoms with E-state index in [4.69, 9.17) is 5.73 Å². The van der Waals surface area contributed by atoms with Crippen molar-refractivity contribution in [3.8, 4) is 0 Å². The van der Waals surface area contributed by atoms with Gasteiger partial charge in [0, 0.05) is 6.42 Å². The summed E-state index contributed by atoms with van der Waals surface area (Å²) in [5.74, 6) is -1.13. The molecule has 4 heteroatoms. The summed E-state index contributed by atoms with van der Waals surface area (Å²) in [4.78, 5) is 3.68. The predicted octanol–water partition coefficient (Wildman–Crippen LogP) is 2.67. The third-order valence-corrected chi connectivity index (χ3v) is 1.88. The molecule has 1 aromatic carbocycles. The highest BCUT2D eigenvalue weighted by atomic mass is 19.1. The third-order valence-electron chi connectivity index (χ3n) is 1.88. The Morgan fingerprint density at radius 2 is 2.07 bits per heavy atom. The van der Waals surface area contributed by atoms with Crippen LogP contribution >= 0.6 is 0 Å². The minimum absolute atomic E-state index is 0.216. The molecule has 2 N–H and O–H groups in total. The second kappa shape index (κ2) is 4.17. The summed E-state index contributed by atoms with van der Waals surface area (Å²) in [5, 5.41) is 0. The van der Waals surface area contributed by atoms with Gasteiger partial charge in [0.15, 0.2) is 11.6 Å². The van der Waals surface area contributed by atoms with Crippen LogP contribution in [0.25, 0.3) is 0 Å². The molecule has 14 heavy (non-hydrogen) atoms. The highest BCUT2D eigenvalue weighted by Gasteiger charge is 2.10. The van der Waals surface area contributed by atoms with Gasteiger partial charge in [0.1, 0.15) is 5.69 Å². The zero-order chi connectivity index (χ0) is 10.7. The lowest BCUT2D eigenvalue weighted by molar-refractivity contribution is 0.581. The Morgan fingerprint density at radius 1 is 1.43 bits per heavy atom. The molecule has 0 heterocycles. The van der Waals surface area contributed by atoms with E-state index < -0.39 is 11.6 Å². The molecule has 2 nitrogen and oxygen atoms in total. The normalized spacial score (nSPS) is 11.9. The Hall–Kier alpha value is -1.45. The number of hydrogen-bond donors (Lipinski definition) is 1. The summed E-state index contributed by atoms with van der Waals surface area (Å²) < 4.78 is 26.5. The van der Waals surface area contributed by atoms with Crippen LogP contribution in [0.15, 0.2) is 17.1 Å². The van der Waals surface area contributed by atoms with E-state index in [2.05, 4.69) is 4.99 Å². The monoisotopic (exact) mass is 198 g/mol. The fraction of sp³-hybridized carbons (Fsp3) is 0.300. The van der Waals surface area contributed by atoms with Gasteiger partial charge in [0.25, 0.3) is 0 Å². The Morgan fingerprint density at radius 3 is 2.64 bits per heavy atom. The molecule has 0 atom stereocenters. The molecule has 0 amide bonds. The average molecular weight is 198 g/mol. The average Bonchev–Trinajstić information content (AvgIpc) is 2.18. The maximum absolute atomic E-state index is 13.4. The van der Waals surface area contributed by atoms with E-state index in [9.17, 15) is 8.78 Å². The Kier molecular flexibility index (Phi) is 3.17. The van der Waals surface area contributed by atoms with Gasteiger partial charge in [-0.05, 0) is 18.6 Å². The van der Waals surface area contributed by atoms with Crippen LogP contribution in [-0.4, -0.2) is 5.84 Å². The second-order valence-corrected chi connectivity index (χ2v) is 2.98. The zero-order valence-corrected chi connectivity index (χ0v) is 8.14. The first-order valence-electron chi connectivity index (χ1n) is 4.34. The Balaban J connectivity index is 3.26. The van der Waals surface area contributed by atoms with Crippen molar-refractivity contribution in [3.63, 3.8) is 0 Å². The molecule has 1 aromatic rings. The molecule has 0 bridgehead atoms. The van der Waals surface area contributed by atoms with E-state index in [0.29, 0.717) is 12.0 Å². The second-order valence-electron chi connectivity index (χ2n) is 2.98. The van der Waals surface area contributed by atoms with Crippen LogP contribution in [0.5, 0.6) is 0 Å². The topological polar surface area (TPSA) is 38.4 Å². The number of nitrogens with zero attached hydrogens (tertiary/aromatic N) is 1. The van der Waals surface area contributed by atoms with Gasteiger partial charge < -0.3 is 5.73 Å². The van der Waals surface area contributed by atoms with Gasteiger partial charge in [0.05, 0.1) is 5.84 Å². The molecule has 0 aliphatic rings. The van der Waals surface area contributed by atoms with Crippen molar-refractivity contribution in [2.45, 2.75) is 20.3 Å². The van der Waals surface area contributed by atoms with E-state index in [0.717, 1.165) is 0 Å². The van der Waals surface area contributed by atoms with Crippen LogP contribution in [0.2, 0.25) is 0 Å². The third kappa shape index (κ3) is 2.07. The highest BCUT2D eigenvalue weighted by Crippen LogP contribution is 2.24. The molecule has 76 valence electrons. The van der Waals surface area contributed by atoms with Crippen LogP contribution in [0.3, 0.4) is 0 Å². The first-order valence-corrected chi connectivity index (χ1v) is 4.34. The molecular formula is C10H12F2N2. The molecular weight excluding hydrogens is 186 g/mol. The fourth-order valence-electron chi connectivity index (χ4n) is 0.967. The Bertz CT molecular complexity index is 373. The highest BCUT2D eigenvalue weighted by molar-refractivity contribution is 5.82. The summed E-state index contributed by atoms with van der Waals surface area (Å²) in [7, 11) is 0. The summed E-state index contributed by atoms with van der Waals surface area (Å²) in [6.45, 7) is 3.32. The maximum Gasteiger partial charge on any atom is 0.154 e. The number of rotatable bonds is 2. The minimum Gasteiger partial charge on any atom is -0.387 e. The van der Waals surface area contributed by atoms with Gasteiger partial charge in [0.2, 0.25) is 0 Å². The molecule has 0 aromatic heterocycles. The van der Waals surface area contributed by atoms with Gasteiger partial charge in [-0.2, -0.15) is 0 Å². The molecule has 0 spiro atoms. The zero-order valence-electron chi connectivity index (χ0n) is 8.14. The van der Waals surface area contributed by atoms with Crippen LogP contribution in [0, 0.1) is 18.6 Å². The van der Waals surface area contributed by atoms with Gasteiger partial charge >= 0.3 is 0 Å². The molecule has 0 unspecified atom stereocenters. The van der Waals surface area contributed by atoms with Gasteiger partial charge in [-0.3, -0.25) is 0 Å². The van der Waals surface area contributed by atoms with E-state index in [-0.39, 0.29) is 11.5 Å². The quantitative estimate of drug-likeness (QED) is 0.575. The molecule has 0 saturated carbocycles. The predicted molar refractivity (Wildman–Crippen MR) is 52.7 cm³/mol. The van der Waals surface area contributed by atoms with E-state index in [1.807, 2.05) is 0 Å². The van der Waals surface area contributed by atoms with Crippen LogP contribution in [0.4, 0.5) is 14.5 Å². The van der Waals surface area contributed by atoms with Gasteiger partial charge in [-0.25, -0.2) is 13.8 Å². The lowest BCUT2D eigenvalue weighted by Crippen LogP contribution is -2.09. The van der Waals surface area contributed by atoms with E-state index in [1.54, 1.807) is 13.8 Å². The van der Waals surface area contributed by atoms with Crippen molar-refractivity contribution in [3.05, 3.63) is 29.3 Å². The lowest BCUT2D eigenvalue weighted by Gasteiger charge is -2.03. The number of hydrogen-bond acceptors (Lipinski definition) is 1. The fourth-order valence-corrected chi connectivity index (χ4v) is 0.967. The standard InChI is InChI=1S/C10H12F2N2/c1-3-8(13)14-10-7(11)5-4-6(2)9(10)12/h4-5H,3H2,1-2H3,(H2,13,14). The molecule has 0 aliphatic heterocycles. The minimum atomic E-state index is -0.690. The first-order chi connectivity index (χ1) is 6.56. The summed E-state index contributed by atoms with van der Waals surface area (Å²) in [6, 6.07) is 2.55. The van der Waals surface area contributed by atoms with Crippen molar-refractivity contribution >= 4 is 11.5 Å².